The number of hydrogen-bond donors (Lipinski definition) is 1. The molecule has 0 atom stereocenters. The van der Waals surface area contributed by atoms with E-state index < -0.39 is 0 Å². The molecule has 0 aromatic rings. The normalized spacial score (nSPS) is 34.2. The minimum Gasteiger partial charge on any atom is -0.396 e. The van der Waals surface area contributed by atoms with E-state index in [2.05, 4.69) is 22.6 Å². The molecule has 2 heteroatoms. The Bertz CT molecular complexity index is 87.3. The number of aliphatic hydroxyl groups excluding tert-OH is 1. The van der Waals surface area contributed by atoms with E-state index in [9.17, 15) is 0 Å². The molecule has 0 saturated heterocycles. The van der Waals surface area contributed by atoms with E-state index in [1.54, 1.807) is 0 Å². The van der Waals surface area contributed by atoms with Crippen LogP contribution in [0.3, 0.4) is 0 Å². The van der Waals surface area contributed by atoms with Crippen molar-refractivity contribution >= 4 is 22.6 Å². The highest BCUT2D eigenvalue weighted by atomic mass is 127. The summed E-state index contributed by atoms with van der Waals surface area (Å²) in [5.41, 5.74) is 0. The van der Waals surface area contributed by atoms with Crippen molar-refractivity contribution in [3.05, 3.63) is 0 Å². The van der Waals surface area contributed by atoms with Crippen LogP contribution < -0.4 is 0 Å². The molecule has 1 N–H and O–H groups in total. The molecule has 1 nitrogen and oxygen atoms in total. The van der Waals surface area contributed by atoms with Crippen LogP contribution in [0, 0.1) is 5.92 Å². The van der Waals surface area contributed by atoms with Gasteiger partial charge < -0.3 is 5.11 Å². The summed E-state index contributed by atoms with van der Waals surface area (Å²) < 4.78 is 0.910. The van der Waals surface area contributed by atoms with E-state index in [0.29, 0.717) is 6.61 Å². The summed E-state index contributed by atoms with van der Waals surface area (Å²) >= 11 is 2.53. The zero-order chi connectivity index (χ0) is 7.40. The molecule has 0 spiro atoms. The van der Waals surface area contributed by atoms with Crippen LogP contribution in [-0.4, -0.2) is 15.6 Å². The Balaban J connectivity index is 2.13. The van der Waals surface area contributed by atoms with Crippen molar-refractivity contribution in [1.82, 2.24) is 0 Å². The maximum Gasteiger partial charge on any atom is 0.0433 e. The number of aliphatic hydroxyl groups is 1. The van der Waals surface area contributed by atoms with Crippen LogP contribution in [0.5, 0.6) is 0 Å². The lowest BCUT2D eigenvalue weighted by atomic mass is 9.87. The Kier molecular flexibility index (Phi) is 3.99. The SMILES string of the molecule is OCC[C@H]1CC[C@H](I)CC1. The third-order valence-electron chi connectivity index (χ3n) is 2.31. The van der Waals surface area contributed by atoms with E-state index in [1.807, 2.05) is 0 Å². The van der Waals surface area contributed by atoms with E-state index in [0.717, 1.165) is 16.3 Å². The summed E-state index contributed by atoms with van der Waals surface area (Å²) in [6.45, 7) is 0.385. The predicted octanol–water partition coefficient (Wildman–Crippen LogP) is 2.36. The molecule has 1 saturated carbocycles. The monoisotopic (exact) mass is 254 g/mol. The van der Waals surface area contributed by atoms with Gasteiger partial charge in [0.2, 0.25) is 0 Å². The summed E-state index contributed by atoms with van der Waals surface area (Å²) in [5.74, 6) is 0.830. The second-order valence-corrected chi connectivity index (χ2v) is 4.89. The molecule has 0 radical (unpaired) electrons. The van der Waals surface area contributed by atoms with Crippen LogP contribution in [-0.2, 0) is 0 Å². The molecular formula is C8H15IO. The first-order valence-electron chi connectivity index (χ1n) is 4.08. The van der Waals surface area contributed by atoms with E-state index >= 15 is 0 Å². The number of rotatable bonds is 2. The molecule has 0 heterocycles. The molecule has 0 aromatic carbocycles. The molecule has 0 aliphatic heterocycles. The van der Waals surface area contributed by atoms with Crippen molar-refractivity contribution in [2.75, 3.05) is 6.61 Å². The van der Waals surface area contributed by atoms with Crippen LogP contribution >= 0.6 is 22.6 Å². The number of halogens is 1. The molecule has 10 heavy (non-hydrogen) atoms. The second-order valence-electron chi connectivity index (χ2n) is 3.13. The number of hydrogen-bond acceptors (Lipinski definition) is 1. The molecule has 60 valence electrons. The Morgan fingerprint density at radius 1 is 1.20 bits per heavy atom. The summed E-state index contributed by atoms with van der Waals surface area (Å²) in [6.07, 6.45) is 6.45. The maximum atomic E-state index is 8.68. The standard InChI is InChI=1S/C8H15IO/c9-8-3-1-7(2-4-8)5-6-10/h7-8,10H,1-6H2/t7-,8-. The van der Waals surface area contributed by atoms with Crippen molar-refractivity contribution in [1.29, 1.82) is 0 Å². The van der Waals surface area contributed by atoms with Crippen LogP contribution in [0.2, 0.25) is 0 Å². The second kappa shape index (κ2) is 4.54. The molecule has 1 fully saturated rings. The van der Waals surface area contributed by atoms with Crippen LogP contribution in [0.4, 0.5) is 0 Å². The van der Waals surface area contributed by atoms with Gasteiger partial charge in [0.15, 0.2) is 0 Å². The smallest absolute Gasteiger partial charge is 0.0433 e. The van der Waals surface area contributed by atoms with Gasteiger partial charge in [0.25, 0.3) is 0 Å². The van der Waals surface area contributed by atoms with Crippen molar-refractivity contribution in [3.63, 3.8) is 0 Å². The van der Waals surface area contributed by atoms with E-state index in [-0.39, 0.29) is 0 Å². The first kappa shape index (κ1) is 8.78. The molecule has 0 unspecified atom stereocenters. The topological polar surface area (TPSA) is 20.2 Å². The largest absolute Gasteiger partial charge is 0.396 e. The van der Waals surface area contributed by atoms with Crippen molar-refractivity contribution in [3.8, 4) is 0 Å². The average molecular weight is 254 g/mol. The van der Waals surface area contributed by atoms with Crippen molar-refractivity contribution < 1.29 is 5.11 Å². The lowest BCUT2D eigenvalue weighted by molar-refractivity contribution is 0.233. The highest BCUT2D eigenvalue weighted by molar-refractivity contribution is 14.1. The fourth-order valence-corrected chi connectivity index (χ4v) is 2.31. The quantitative estimate of drug-likeness (QED) is 0.592. The summed E-state index contributed by atoms with van der Waals surface area (Å²) in [6, 6.07) is 0. The Morgan fingerprint density at radius 3 is 2.30 bits per heavy atom. The van der Waals surface area contributed by atoms with Gasteiger partial charge in [0.1, 0.15) is 0 Å². The molecule has 0 amide bonds. The minimum absolute atomic E-state index is 0.385. The lowest BCUT2D eigenvalue weighted by Gasteiger charge is -2.24. The fourth-order valence-electron chi connectivity index (χ4n) is 1.59. The predicted molar refractivity (Wildman–Crippen MR) is 51.5 cm³/mol. The number of alkyl halides is 1. The molecule has 1 rings (SSSR count). The Labute approximate surface area is 76.3 Å². The maximum absolute atomic E-state index is 8.68. The Hall–Kier alpha value is 0.690. The van der Waals surface area contributed by atoms with Crippen molar-refractivity contribution in [2.24, 2.45) is 5.92 Å². The van der Waals surface area contributed by atoms with E-state index in [4.69, 9.17) is 5.11 Å². The van der Waals surface area contributed by atoms with Gasteiger partial charge in [-0.3, -0.25) is 0 Å². The summed E-state index contributed by atoms with van der Waals surface area (Å²) in [7, 11) is 0. The van der Waals surface area contributed by atoms with Gasteiger partial charge in [-0.15, -0.1) is 0 Å². The molecule has 1 aliphatic carbocycles. The van der Waals surface area contributed by atoms with Gasteiger partial charge in [-0.1, -0.05) is 22.6 Å². The summed E-state index contributed by atoms with van der Waals surface area (Å²) in [4.78, 5) is 0. The third kappa shape index (κ3) is 2.74. The lowest BCUT2D eigenvalue weighted by Crippen LogP contribution is -2.14. The highest BCUT2D eigenvalue weighted by Gasteiger charge is 2.17. The third-order valence-corrected chi connectivity index (χ3v) is 3.56. The zero-order valence-corrected chi connectivity index (χ0v) is 8.38. The zero-order valence-electron chi connectivity index (χ0n) is 6.22. The van der Waals surface area contributed by atoms with Crippen LogP contribution in [0.1, 0.15) is 32.1 Å². The van der Waals surface area contributed by atoms with Gasteiger partial charge in [-0.25, -0.2) is 0 Å². The fraction of sp³-hybridized carbons (Fsp3) is 1.00. The Morgan fingerprint density at radius 2 is 1.80 bits per heavy atom. The van der Waals surface area contributed by atoms with Gasteiger partial charge >= 0.3 is 0 Å². The van der Waals surface area contributed by atoms with Gasteiger partial charge in [0, 0.05) is 10.5 Å². The van der Waals surface area contributed by atoms with Gasteiger partial charge in [0.05, 0.1) is 0 Å². The van der Waals surface area contributed by atoms with Crippen molar-refractivity contribution in [2.45, 2.75) is 36.0 Å². The first-order valence-corrected chi connectivity index (χ1v) is 5.32. The first-order chi connectivity index (χ1) is 4.83. The molecular weight excluding hydrogens is 239 g/mol. The molecule has 1 aliphatic rings. The molecule has 0 bridgehead atoms. The summed E-state index contributed by atoms with van der Waals surface area (Å²) in [5, 5.41) is 8.68. The van der Waals surface area contributed by atoms with E-state index in [1.165, 1.54) is 25.7 Å². The average Bonchev–Trinajstić information content (AvgIpc) is 1.95. The highest BCUT2D eigenvalue weighted by Crippen LogP contribution is 2.30. The van der Waals surface area contributed by atoms with Gasteiger partial charge in [-0.05, 0) is 38.0 Å². The van der Waals surface area contributed by atoms with Crippen LogP contribution in [0.15, 0.2) is 0 Å². The minimum atomic E-state index is 0.385. The van der Waals surface area contributed by atoms with Crippen LogP contribution in [0.25, 0.3) is 0 Å². The van der Waals surface area contributed by atoms with Gasteiger partial charge in [-0.2, -0.15) is 0 Å². The molecule has 0 aromatic heterocycles.